The summed E-state index contributed by atoms with van der Waals surface area (Å²) in [6.07, 6.45) is 1.77. The van der Waals surface area contributed by atoms with Crippen molar-refractivity contribution in [2.24, 2.45) is 11.7 Å². The van der Waals surface area contributed by atoms with Gasteiger partial charge in [-0.1, -0.05) is 74.5 Å². The van der Waals surface area contributed by atoms with Gasteiger partial charge in [0.2, 0.25) is 18.2 Å². The quantitative estimate of drug-likeness (QED) is 0.129. The second kappa shape index (κ2) is 18.3. The zero-order valence-corrected chi connectivity index (χ0v) is 26.4. The van der Waals surface area contributed by atoms with E-state index in [2.05, 4.69) is 16.4 Å². The number of hydrogen-bond donors (Lipinski definition) is 4. The number of rotatable bonds is 15. The Balaban J connectivity index is 0.00000226. The number of carbonyl (C=O) groups excluding carboxylic acids is 6. The molecule has 13 heteroatoms. The van der Waals surface area contributed by atoms with E-state index in [1.165, 1.54) is 11.8 Å². The Morgan fingerprint density at radius 1 is 0.889 bits per heavy atom. The van der Waals surface area contributed by atoms with Crippen molar-refractivity contribution < 1.29 is 38.7 Å². The summed E-state index contributed by atoms with van der Waals surface area (Å²) in [6, 6.07) is 13.4. The summed E-state index contributed by atoms with van der Waals surface area (Å²) in [6.45, 7) is 5.29. The Bertz CT molecular complexity index is 1330. The van der Waals surface area contributed by atoms with E-state index in [1.54, 1.807) is 48.5 Å². The zero-order chi connectivity index (χ0) is 33.5. The minimum absolute atomic E-state index is 0.0111. The number of benzene rings is 2. The average molecular weight is 641 g/mol. The summed E-state index contributed by atoms with van der Waals surface area (Å²) in [4.78, 5) is 85.3. The van der Waals surface area contributed by atoms with Gasteiger partial charge in [0.1, 0.15) is 12.1 Å². The summed E-state index contributed by atoms with van der Waals surface area (Å²) in [7, 11) is 0. The molecule has 1 unspecified atom stereocenters. The second-order valence-electron chi connectivity index (χ2n) is 10.8. The molecule has 3 rings (SSSR count). The standard InChI is InChI=1S/C31H37N3O7S.CH3NO/c1-19(2)17-24(27(36)33-25(31(40)41)18-21-11-5-4-6-12-21)32-28(37)26(42-20(3)35)15-9-10-16-34-29(38)22-13-7-8-14-23(22)30(34)39;2-1-3/h4-8,11-14,19,24-26H,9-10,15-18H2,1-3H3,(H,32,37)(H,33,36)(H,40,41);1H,(H2,2,3)/t24-,25-,26?;/m0./s1. The molecule has 2 aromatic rings. The van der Waals surface area contributed by atoms with E-state index in [-0.39, 0.29) is 55.1 Å². The lowest BCUT2D eigenvalue weighted by atomic mass is 10.0. The van der Waals surface area contributed by atoms with Crippen LogP contribution < -0.4 is 16.4 Å². The number of nitrogens with two attached hydrogens (primary N) is 1. The largest absolute Gasteiger partial charge is 0.480 e. The molecule has 1 heterocycles. The van der Waals surface area contributed by atoms with Crippen LogP contribution >= 0.6 is 11.8 Å². The number of carbonyl (C=O) groups is 7. The van der Waals surface area contributed by atoms with E-state index < -0.39 is 35.1 Å². The highest BCUT2D eigenvalue weighted by atomic mass is 32.2. The SMILES string of the molecule is CC(=O)SC(CCCCN1C(=O)c2ccccc2C1=O)C(=O)N[C@@H](CC(C)C)C(=O)N[C@@H](Cc1ccccc1)C(=O)O.NC=O. The van der Waals surface area contributed by atoms with Gasteiger partial charge in [-0.2, -0.15) is 0 Å². The van der Waals surface area contributed by atoms with E-state index >= 15 is 0 Å². The zero-order valence-electron chi connectivity index (χ0n) is 25.6. The molecule has 2 aromatic carbocycles. The van der Waals surface area contributed by atoms with Crippen LogP contribution in [0.25, 0.3) is 0 Å². The van der Waals surface area contributed by atoms with Crippen LogP contribution in [0, 0.1) is 5.92 Å². The van der Waals surface area contributed by atoms with Crippen molar-refractivity contribution in [2.45, 2.75) is 70.2 Å². The highest BCUT2D eigenvalue weighted by Gasteiger charge is 2.35. The Morgan fingerprint density at radius 3 is 1.93 bits per heavy atom. The van der Waals surface area contributed by atoms with Gasteiger partial charge in [0.05, 0.1) is 16.4 Å². The van der Waals surface area contributed by atoms with Crippen LogP contribution in [0.2, 0.25) is 0 Å². The molecule has 1 aliphatic heterocycles. The first kappa shape index (κ1) is 36.7. The number of nitrogens with one attached hydrogen (secondary N) is 2. The number of fused-ring (bicyclic) bond motifs is 1. The lowest BCUT2D eigenvalue weighted by Crippen LogP contribution is -2.54. The maximum Gasteiger partial charge on any atom is 0.326 e. The molecule has 0 fully saturated rings. The van der Waals surface area contributed by atoms with Crippen LogP contribution in [0.1, 0.15) is 72.7 Å². The third-order valence-electron chi connectivity index (χ3n) is 6.81. The van der Waals surface area contributed by atoms with Gasteiger partial charge in [-0.05, 0) is 42.9 Å². The molecular formula is C32H40N4O8S. The van der Waals surface area contributed by atoms with Gasteiger partial charge in [-0.3, -0.25) is 33.7 Å². The predicted octanol–water partition coefficient (Wildman–Crippen LogP) is 2.55. The van der Waals surface area contributed by atoms with Gasteiger partial charge < -0.3 is 21.5 Å². The van der Waals surface area contributed by atoms with E-state index in [0.717, 1.165) is 17.3 Å². The molecule has 0 saturated heterocycles. The van der Waals surface area contributed by atoms with Crippen molar-refractivity contribution in [3.63, 3.8) is 0 Å². The normalized spacial score (nSPS) is 14.0. The summed E-state index contributed by atoms with van der Waals surface area (Å²) in [5.41, 5.74) is 5.65. The Labute approximate surface area is 266 Å². The smallest absolute Gasteiger partial charge is 0.326 e. The van der Waals surface area contributed by atoms with Gasteiger partial charge in [0, 0.05) is 19.9 Å². The predicted molar refractivity (Wildman–Crippen MR) is 169 cm³/mol. The third-order valence-corrected chi connectivity index (χ3v) is 7.88. The van der Waals surface area contributed by atoms with Gasteiger partial charge in [0.25, 0.3) is 11.8 Å². The molecule has 5 N–H and O–H groups in total. The van der Waals surface area contributed by atoms with Crippen molar-refractivity contribution in [1.82, 2.24) is 15.5 Å². The average Bonchev–Trinajstić information content (AvgIpc) is 3.23. The summed E-state index contributed by atoms with van der Waals surface area (Å²) >= 11 is 0.850. The number of imide groups is 1. The molecule has 5 amide bonds. The number of amides is 5. The molecule has 0 aliphatic carbocycles. The Morgan fingerprint density at radius 2 is 1.42 bits per heavy atom. The molecule has 1 aliphatic rings. The number of carboxylic acid groups (broad SMARTS) is 1. The minimum atomic E-state index is -1.19. The summed E-state index contributed by atoms with van der Waals surface area (Å²) in [5, 5.41) is 13.9. The molecule has 0 radical (unpaired) electrons. The first-order chi connectivity index (χ1) is 21.4. The number of aliphatic carboxylic acids is 1. The van der Waals surface area contributed by atoms with Crippen LogP contribution in [0.15, 0.2) is 54.6 Å². The van der Waals surface area contributed by atoms with Gasteiger partial charge in [-0.15, -0.1) is 0 Å². The fourth-order valence-corrected chi connectivity index (χ4v) is 5.64. The van der Waals surface area contributed by atoms with Gasteiger partial charge in [-0.25, -0.2) is 4.79 Å². The van der Waals surface area contributed by atoms with Gasteiger partial charge in [0.15, 0.2) is 5.12 Å². The summed E-state index contributed by atoms with van der Waals surface area (Å²) < 4.78 is 0. The lowest BCUT2D eigenvalue weighted by Gasteiger charge is -2.25. The minimum Gasteiger partial charge on any atom is -0.480 e. The monoisotopic (exact) mass is 640 g/mol. The molecule has 0 aromatic heterocycles. The number of unbranched alkanes of at least 4 members (excludes halogenated alkanes) is 1. The third kappa shape index (κ3) is 11.5. The second-order valence-corrected chi connectivity index (χ2v) is 12.2. The number of nitrogens with zero attached hydrogens (tertiary/aromatic N) is 1. The lowest BCUT2D eigenvalue weighted by molar-refractivity contribution is -0.142. The molecule has 0 saturated carbocycles. The topological polar surface area (TPSA) is 193 Å². The van der Waals surface area contributed by atoms with Crippen molar-refractivity contribution in [3.05, 3.63) is 71.3 Å². The molecule has 12 nitrogen and oxygen atoms in total. The number of thioether (sulfide) groups is 1. The maximum absolute atomic E-state index is 13.3. The highest BCUT2D eigenvalue weighted by molar-refractivity contribution is 8.14. The molecule has 0 spiro atoms. The first-order valence-corrected chi connectivity index (χ1v) is 15.4. The van der Waals surface area contributed by atoms with Crippen molar-refractivity contribution in [2.75, 3.05) is 6.54 Å². The van der Waals surface area contributed by atoms with E-state index in [0.29, 0.717) is 24.0 Å². The molecule has 0 bridgehead atoms. The molecule has 45 heavy (non-hydrogen) atoms. The van der Waals surface area contributed by atoms with Crippen LogP contribution in [0.3, 0.4) is 0 Å². The maximum atomic E-state index is 13.3. The first-order valence-electron chi connectivity index (χ1n) is 14.5. The van der Waals surface area contributed by atoms with Crippen molar-refractivity contribution >= 4 is 52.9 Å². The number of hydrogen-bond acceptors (Lipinski definition) is 8. The molecule has 3 atom stereocenters. The fraction of sp³-hybridized carbons (Fsp3) is 0.406. The molecule has 242 valence electrons. The number of carboxylic acids is 1. The van der Waals surface area contributed by atoms with Crippen LogP contribution in [-0.2, 0) is 30.4 Å². The van der Waals surface area contributed by atoms with Crippen molar-refractivity contribution in [3.8, 4) is 0 Å². The van der Waals surface area contributed by atoms with Crippen LogP contribution in [0.5, 0.6) is 0 Å². The van der Waals surface area contributed by atoms with Crippen LogP contribution in [0.4, 0.5) is 0 Å². The number of primary amides is 1. The summed E-state index contributed by atoms with van der Waals surface area (Å²) in [5.74, 6) is -3.00. The van der Waals surface area contributed by atoms with E-state index in [4.69, 9.17) is 4.79 Å². The Hall–Kier alpha value is -4.52. The van der Waals surface area contributed by atoms with Crippen LogP contribution in [-0.4, -0.2) is 75.0 Å². The highest BCUT2D eigenvalue weighted by Crippen LogP contribution is 2.24. The molecular weight excluding hydrogens is 600 g/mol. The van der Waals surface area contributed by atoms with E-state index in [9.17, 15) is 33.9 Å². The van der Waals surface area contributed by atoms with Crippen molar-refractivity contribution in [1.29, 1.82) is 0 Å². The van der Waals surface area contributed by atoms with E-state index in [1.807, 2.05) is 19.9 Å². The van der Waals surface area contributed by atoms with Gasteiger partial charge >= 0.3 is 5.97 Å². The Kier molecular flexibility index (Phi) is 14.9. The fourth-order valence-electron chi connectivity index (χ4n) is 4.78.